The zero-order valence-electron chi connectivity index (χ0n) is 18.8. The first-order valence-electron chi connectivity index (χ1n) is 11.1. The van der Waals surface area contributed by atoms with Crippen molar-refractivity contribution in [2.45, 2.75) is 63.6 Å². The second-order valence-corrected chi connectivity index (χ2v) is 10.2. The molecule has 1 spiro atoms. The third-order valence-corrected chi connectivity index (χ3v) is 6.37. The minimum atomic E-state index is -1.09. The van der Waals surface area contributed by atoms with E-state index in [9.17, 15) is 14.7 Å². The van der Waals surface area contributed by atoms with Crippen LogP contribution in [0.15, 0.2) is 6.07 Å². The van der Waals surface area contributed by atoms with E-state index in [1.807, 2.05) is 20.8 Å². The number of halogens is 1. The molecule has 3 heterocycles. The van der Waals surface area contributed by atoms with Crippen molar-refractivity contribution >= 4 is 29.5 Å². The van der Waals surface area contributed by atoms with Crippen molar-refractivity contribution in [1.29, 1.82) is 0 Å². The highest BCUT2D eigenvalue weighted by molar-refractivity contribution is 6.29. The van der Waals surface area contributed by atoms with E-state index in [0.717, 1.165) is 32.2 Å². The number of carboxylic acid groups (broad SMARTS) is 1. The fraction of sp³-hybridized carbons (Fsp3) is 0.682. The highest BCUT2D eigenvalue weighted by atomic mass is 35.5. The first-order valence-corrected chi connectivity index (χ1v) is 11.5. The number of amides is 1. The number of hydrogen-bond acceptors (Lipinski definition) is 7. The van der Waals surface area contributed by atoms with Gasteiger partial charge in [-0.2, -0.15) is 0 Å². The van der Waals surface area contributed by atoms with E-state index in [1.54, 1.807) is 4.90 Å². The molecule has 32 heavy (non-hydrogen) atoms. The number of piperazine rings is 1. The van der Waals surface area contributed by atoms with E-state index in [2.05, 4.69) is 15.2 Å². The van der Waals surface area contributed by atoms with Crippen molar-refractivity contribution < 1.29 is 24.2 Å². The summed E-state index contributed by atoms with van der Waals surface area (Å²) in [6.45, 7) is 7.98. The summed E-state index contributed by atoms with van der Waals surface area (Å²) in [5.74, 6) is -0.498. The lowest BCUT2D eigenvalue weighted by atomic mass is 10.1. The van der Waals surface area contributed by atoms with E-state index < -0.39 is 11.6 Å². The Balaban J connectivity index is 1.48. The zero-order valence-corrected chi connectivity index (χ0v) is 19.6. The number of ether oxygens (including phenoxy) is 2. The summed E-state index contributed by atoms with van der Waals surface area (Å²) >= 11 is 6.27. The largest absolute Gasteiger partial charge is 0.491 e. The van der Waals surface area contributed by atoms with Gasteiger partial charge in [0.1, 0.15) is 34.5 Å². The van der Waals surface area contributed by atoms with E-state index in [-0.39, 0.29) is 40.7 Å². The van der Waals surface area contributed by atoms with E-state index in [1.165, 1.54) is 6.07 Å². The third-order valence-electron chi connectivity index (χ3n) is 6.17. The first kappa shape index (κ1) is 22.9. The number of carbonyl (C=O) groups is 2. The molecule has 0 bridgehead atoms. The summed E-state index contributed by atoms with van der Waals surface area (Å²) in [7, 11) is 0. The maximum absolute atomic E-state index is 12.4. The molecule has 0 radical (unpaired) electrons. The van der Waals surface area contributed by atoms with Gasteiger partial charge in [-0.3, -0.25) is 0 Å². The van der Waals surface area contributed by atoms with Crippen molar-refractivity contribution in [3.8, 4) is 5.75 Å². The van der Waals surface area contributed by atoms with Crippen molar-refractivity contribution in [2.75, 3.05) is 37.7 Å². The van der Waals surface area contributed by atoms with Crippen LogP contribution in [-0.4, -0.2) is 77.0 Å². The van der Waals surface area contributed by atoms with Crippen molar-refractivity contribution in [3.63, 3.8) is 0 Å². The van der Waals surface area contributed by atoms with Crippen LogP contribution in [0.4, 0.5) is 10.6 Å². The van der Waals surface area contributed by atoms with Crippen LogP contribution in [-0.2, 0) is 4.74 Å². The number of aromatic nitrogens is 1. The van der Waals surface area contributed by atoms with Crippen LogP contribution in [0.2, 0.25) is 5.15 Å². The summed E-state index contributed by atoms with van der Waals surface area (Å²) in [6, 6.07) is 1.29. The number of pyridine rings is 1. The Kier molecular flexibility index (Phi) is 6.15. The van der Waals surface area contributed by atoms with Crippen molar-refractivity contribution in [3.05, 3.63) is 16.8 Å². The smallest absolute Gasteiger partial charge is 0.410 e. The van der Waals surface area contributed by atoms with Crippen LogP contribution in [0.1, 0.15) is 56.8 Å². The van der Waals surface area contributed by atoms with Gasteiger partial charge in [-0.25, -0.2) is 14.6 Å². The molecule has 10 heteroatoms. The number of nitrogens with zero attached hydrogens (tertiary/aromatic N) is 3. The molecule has 1 atom stereocenters. The summed E-state index contributed by atoms with van der Waals surface area (Å²) in [5, 5.41) is 13.5. The van der Waals surface area contributed by atoms with E-state index in [4.69, 9.17) is 21.1 Å². The third kappa shape index (κ3) is 4.88. The fourth-order valence-corrected chi connectivity index (χ4v) is 4.72. The number of nitrogens with one attached hydrogen (secondary N) is 1. The molecule has 1 saturated carbocycles. The number of aromatic carboxylic acids is 1. The SMILES string of the molecule is CC(C)(C)OC(=O)N1CCN[C@@H](COc2cc(Cl)nc(N3CCCC34CC4)c2C(=O)O)C1. The highest BCUT2D eigenvalue weighted by Crippen LogP contribution is 2.52. The second kappa shape index (κ2) is 8.59. The predicted molar refractivity (Wildman–Crippen MR) is 120 cm³/mol. The van der Waals surface area contributed by atoms with Gasteiger partial charge in [0.2, 0.25) is 0 Å². The molecule has 1 aromatic rings. The monoisotopic (exact) mass is 466 g/mol. The van der Waals surface area contributed by atoms with Crippen LogP contribution in [0.25, 0.3) is 0 Å². The van der Waals surface area contributed by atoms with Crippen LogP contribution in [0.5, 0.6) is 5.75 Å². The van der Waals surface area contributed by atoms with Gasteiger partial charge in [-0.05, 0) is 46.5 Å². The lowest BCUT2D eigenvalue weighted by Gasteiger charge is -2.35. The van der Waals surface area contributed by atoms with Crippen LogP contribution < -0.4 is 15.0 Å². The molecule has 1 aromatic heterocycles. The standard InChI is InChI=1S/C22H31ClN4O5/c1-21(2,3)32-20(30)26-10-8-24-14(12-26)13-31-15-11-16(23)25-18(17(15)19(28)29)27-9-4-5-22(27)6-7-22/h11,14,24H,4-10,12-13H2,1-3H3,(H,28,29)/t14-/m1/s1. The van der Waals surface area contributed by atoms with Crippen LogP contribution in [0, 0.1) is 0 Å². The normalized spacial score (nSPS) is 22.2. The first-order chi connectivity index (χ1) is 15.1. The number of anilines is 1. The van der Waals surface area contributed by atoms with Gasteiger partial charge in [0.15, 0.2) is 0 Å². The van der Waals surface area contributed by atoms with Crippen molar-refractivity contribution in [1.82, 2.24) is 15.2 Å². The summed E-state index contributed by atoms with van der Waals surface area (Å²) in [5.41, 5.74) is -0.497. The number of hydrogen-bond donors (Lipinski definition) is 2. The van der Waals surface area contributed by atoms with Gasteiger partial charge >= 0.3 is 12.1 Å². The van der Waals surface area contributed by atoms with Gasteiger partial charge in [-0.1, -0.05) is 11.6 Å². The molecule has 2 N–H and O–H groups in total. The average Bonchev–Trinajstić information content (AvgIpc) is 3.35. The molecule has 1 aliphatic carbocycles. The molecule has 2 saturated heterocycles. The fourth-order valence-electron chi connectivity index (χ4n) is 4.54. The predicted octanol–water partition coefficient (Wildman–Crippen LogP) is 3.15. The average molecular weight is 467 g/mol. The molecule has 3 aliphatic rings. The maximum atomic E-state index is 12.4. The Hall–Kier alpha value is -2.26. The molecule has 2 aliphatic heterocycles. The molecule has 1 amide bonds. The Morgan fingerprint density at radius 1 is 1.31 bits per heavy atom. The zero-order chi connectivity index (χ0) is 23.1. The summed E-state index contributed by atoms with van der Waals surface area (Å²) in [4.78, 5) is 32.7. The lowest BCUT2D eigenvalue weighted by molar-refractivity contribution is 0.0178. The molecule has 4 rings (SSSR count). The van der Waals surface area contributed by atoms with E-state index >= 15 is 0 Å². The number of rotatable bonds is 5. The van der Waals surface area contributed by atoms with E-state index in [0.29, 0.717) is 25.5 Å². The Morgan fingerprint density at radius 3 is 2.72 bits per heavy atom. The quantitative estimate of drug-likeness (QED) is 0.638. The molecular weight excluding hydrogens is 436 g/mol. The highest BCUT2D eigenvalue weighted by Gasteiger charge is 2.52. The molecule has 0 unspecified atom stereocenters. The molecule has 9 nitrogen and oxygen atoms in total. The summed E-state index contributed by atoms with van der Waals surface area (Å²) < 4.78 is 11.4. The lowest BCUT2D eigenvalue weighted by Crippen LogP contribution is -2.55. The van der Waals surface area contributed by atoms with Crippen LogP contribution >= 0.6 is 11.6 Å². The minimum absolute atomic E-state index is 0.0258. The van der Waals surface area contributed by atoms with Gasteiger partial charge in [0, 0.05) is 37.8 Å². The minimum Gasteiger partial charge on any atom is -0.491 e. The topological polar surface area (TPSA) is 104 Å². The van der Waals surface area contributed by atoms with Gasteiger partial charge in [0.25, 0.3) is 0 Å². The summed E-state index contributed by atoms with van der Waals surface area (Å²) in [6.07, 6.45) is 3.78. The molecule has 3 fully saturated rings. The number of carbonyl (C=O) groups excluding carboxylic acids is 1. The van der Waals surface area contributed by atoms with Gasteiger partial charge in [-0.15, -0.1) is 0 Å². The van der Waals surface area contributed by atoms with Crippen molar-refractivity contribution in [2.24, 2.45) is 0 Å². The Labute approximate surface area is 193 Å². The second-order valence-electron chi connectivity index (χ2n) is 9.81. The van der Waals surface area contributed by atoms with Crippen LogP contribution in [0.3, 0.4) is 0 Å². The van der Waals surface area contributed by atoms with Gasteiger partial charge < -0.3 is 29.7 Å². The Bertz CT molecular complexity index is 899. The number of carboxylic acids is 1. The molecule has 176 valence electrons. The Morgan fingerprint density at radius 2 is 2.06 bits per heavy atom. The van der Waals surface area contributed by atoms with Gasteiger partial charge in [0.05, 0.1) is 6.04 Å². The maximum Gasteiger partial charge on any atom is 0.410 e. The molecule has 0 aromatic carbocycles. The molecular formula is C22H31ClN4O5.